The van der Waals surface area contributed by atoms with E-state index in [1.165, 1.54) is 4.57 Å². The van der Waals surface area contributed by atoms with Gasteiger partial charge in [0.15, 0.2) is 5.65 Å². The number of ether oxygens (including phenoxy) is 1. The molecule has 1 fully saturated rings. The number of pyridine rings is 1. The third-order valence-electron chi connectivity index (χ3n) is 4.87. The van der Waals surface area contributed by atoms with E-state index in [2.05, 4.69) is 9.97 Å². The highest BCUT2D eigenvalue weighted by molar-refractivity contribution is 6.05. The fraction of sp³-hybridized carbons (Fsp3) is 0.600. The maximum atomic E-state index is 13.3. The Balaban J connectivity index is 2.28. The van der Waals surface area contributed by atoms with Crippen LogP contribution in [0.15, 0.2) is 15.7 Å². The summed E-state index contributed by atoms with van der Waals surface area (Å²) in [6, 6.07) is 1.69. The molecule has 1 atom stereocenters. The molecule has 3 heterocycles. The lowest BCUT2D eigenvalue weighted by molar-refractivity contribution is -0.0123. The topological polar surface area (TPSA) is 97.3 Å². The van der Waals surface area contributed by atoms with Crippen molar-refractivity contribution in [2.75, 3.05) is 19.7 Å². The van der Waals surface area contributed by atoms with Gasteiger partial charge < -0.3 is 9.64 Å². The molecule has 2 aromatic heterocycles. The highest BCUT2D eigenvalue weighted by Gasteiger charge is 2.27. The summed E-state index contributed by atoms with van der Waals surface area (Å²) in [5.74, 6) is -0.0123. The number of rotatable bonds is 4. The number of nitrogens with zero attached hydrogens (tertiary/aromatic N) is 3. The highest BCUT2D eigenvalue weighted by atomic mass is 16.5. The van der Waals surface area contributed by atoms with Crippen LogP contribution in [0.4, 0.5) is 0 Å². The minimum atomic E-state index is -0.576. The summed E-state index contributed by atoms with van der Waals surface area (Å²) in [7, 11) is 0. The van der Waals surface area contributed by atoms with Gasteiger partial charge in [-0.3, -0.25) is 19.1 Å². The van der Waals surface area contributed by atoms with Crippen molar-refractivity contribution in [3.63, 3.8) is 0 Å². The predicted molar refractivity (Wildman–Crippen MR) is 107 cm³/mol. The van der Waals surface area contributed by atoms with E-state index in [0.717, 1.165) is 0 Å². The van der Waals surface area contributed by atoms with Crippen LogP contribution in [0.2, 0.25) is 0 Å². The molecular formula is C20H28N4O4. The Morgan fingerprint density at radius 2 is 2.04 bits per heavy atom. The molecule has 1 amide bonds. The summed E-state index contributed by atoms with van der Waals surface area (Å²) < 4.78 is 6.99. The van der Waals surface area contributed by atoms with Gasteiger partial charge in [0.2, 0.25) is 0 Å². The fourth-order valence-corrected chi connectivity index (χ4v) is 3.47. The lowest BCUT2D eigenvalue weighted by Crippen LogP contribution is -2.45. The van der Waals surface area contributed by atoms with Crippen LogP contribution in [0.3, 0.4) is 0 Å². The highest BCUT2D eigenvalue weighted by Crippen LogP contribution is 2.22. The molecule has 1 unspecified atom stereocenters. The van der Waals surface area contributed by atoms with Crippen molar-refractivity contribution in [2.45, 2.75) is 53.2 Å². The number of H-pyrrole nitrogens is 1. The summed E-state index contributed by atoms with van der Waals surface area (Å²) in [5, 5.41) is 0.175. The zero-order valence-electron chi connectivity index (χ0n) is 17.1. The van der Waals surface area contributed by atoms with Crippen molar-refractivity contribution in [3.05, 3.63) is 38.2 Å². The first kappa shape index (κ1) is 20.3. The van der Waals surface area contributed by atoms with E-state index >= 15 is 0 Å². The molecule has 2 aromatic rings. The number of amides is 1. The number of hydrogen-bond donors (Lipinski definition) is 1. The molecule has 28 heavy (non-hydrogen) atoms. The minimum absolute atomic E-state index is 0.0430. The lowest BCUT2D eigenvalue weighted by atomic mass is 10.0. The van der Waals surface area contributed by atoms with Crippen LogP contribution in [0.25, 0.3) is 11.0 Å². The molecule has 3 rings (SSSR count). The Bertz CT molecular complexity index is 1010. The van der Waals surface area contributed by atoms with E-state index in [-0.39, 0.29) is 34.9 Å². The zero-order chi connectivity index (χ0) is 20.6. The number of aromatic nitrogens is 3. The van der Waals surface area contributed by atoms with Gasteiger partial charge in [-0.05, 0) is 24.8 Å². The number of nitrogens with one attached hydrogen (secondary N) is 1. The van der Waals surface area contributed by atoms with Crippen LogP contribution < -0.4 is 11.2 Å². The first-order valence-corrected chi connectivity index (χ1v) is 9.77. The molecule has 152 valence electrons. The number of morpholine rings is 1. The van der Waals surface area contributed by atoms with Gasteiger partial charge in [0, 0.05) is 25.3 Å². The van der Waals surface area contributed by atoms with Crippen LogP contribution in [0.1, 0.15) is 56.6 Å². The fourth-order valence-electron chi connectivity index (χ4n) is 3.47. The molecule has 0 radical (unpaired) electrons. The maximum Gasteiger partial charge on any atom is 0.330 e. The van der Waals surface area contributed by atoms with Crippen LogP contribution in [-0.4, -0.2) is 51.1 Å². The summed E-state index contributed by atoms with van der Waals surface area (Å²) in [6.45, 7) is 11.6. The predicted octanol–water partition coefficient (Wildman–Crippen LogP) is 1.73. The van der Waals surface area contributed by atoms with Crippen LogP contribution in [0.5, 0.6) is 0 Å². The van der Waals surface area contributed by atoms with Gasteiger partial charge in [-0.25, -0.2) is 9.78 Å². The van der Waals surface area contributed by atoms with Crippen LogP contribution in [-0.2, 0) is 11.3 Å². The lowest BCUT2D eigenvalue weighted by Gasteiger charge is -2.31. The molecule has 0 aromatic carbocycles. The van der Waals surface area contributed by atoms with Crippen molar-refractivity contribution in [1.82, 2.24) is 19.4 Å². The first-order valence-electron chi connectivity index (χ1n) is 9.77. The van der Waals surface area contributed by atoms with Crippen molar-refractivity contribution in [1.29, 1.82) is 0 Å². The molecule has 1 aliphatic rings. The normalized spacial score (nSPS) is 17.7. The molecule has 1 N–H and O–H groups in total. The maximum absolute atomic E-state index is 13.3. The number of fused-ring (bicyclic) bond motifs is 1. The average Bonchev–Trinajstić information content (AvgIpc) is 2.63. The summed E-state index contributed by atoms with van der Waals surface area (Å²) in [5.41, 5.74) is 0.171. The molecule has 8 heteroatoms. The van der Waals surface area contributed by atoms with Gasteiger partial charge in [-0.1, -0.05) is 27.7 Å². The van der Waals surface area contributed by atoms with E-state index in [9.17, 15) is 14.4 Å². The molecule has 0 aliphatic carbocycles. The number of carbonyl (C=O) groups excluding carboxylic acids is 1. The third-order valence-corrected chi connectivity index (χ3v) is 4.87. The van der Waals surface area contributed by atoms with Crippen molar-refractivity contribution >= 4 is 16.9 Å². The Hall–Kier alpha value is -2.48. The second kappa shape index (κ2) is 7.87. The Kier molecular flexibility index (Phi) is 5.69. The molecular weight excluding hydrogens is 360 g/mol. The van der Waals surface area contributed by atoms with Gasteiger partial charge in [0.25, 0.3) is 11.5 Å². The van der Waals surface area contributed by atoms with Gasteiger partial charge in [0.05, 0.1) is 23.7 Å². The summed E-state index contributed by atoms with van der Waals surface area (Å²) in [4.78, 5) is 47.1. The van der Waals surface area contributed by atoms with E-state index < -0.39 is 11.2 Å². The Labute approximate surface area is 163 Å². The smallest absolute Gasteiger partial charge is 0.330 e. The second-order valence-corrected chi connectivity index (χ2v) is 8.14. The third kappa shape index (κ3) is 3.87. The quantitative estimate of drug-likeness (QED) is 0.860. The number of hydrogen-bond acceptors (Lipinski definition) is 5. The van der Waals surface area contributed by atoms with E-state index in [0.29, 0.717) is 37.5 Å². The summed E-state index contributed by atoms with van der Waals surface area (Å²) >= 11 is 0. The van der Waals surface area contributed by atoms with Gasteiger partial charge in [0.1, 0.15) is 0 Å². The van der Waals surface area contributed by atoms with Crippen LogP contribution >= 0.6 is 0 Å². The zero-order valence-corrected chi connectivity index (χ0v) is 17.1. The molecule has 0 bridgehead atoms. The van der Waals surface area contributed by atoms with E-state index in [1.807, 2.05) is 34.6 Å². The average molecular weight is 388 g/mol. The SMILES string of the molecule is CC(C)Cn1c(=O)[nH]c(=O)c2c(C(=O)N3CCOC(C)C3)cc(C(C)C)nc21. The minimum Gasteiger partial charge on any atom is -0.375 e. The van der Waals surface area contributed by atoms with Gasteiger partial charge >= 0.3 is 5.69 Å². The van der Waals surface area contributed by atoms with Gasteiger partial charge in [-0.2, -0.15) is 0 Å². The Morgan fingerprint density at radius 3 is 2.64 bits per heavy atom. The second-order valence-electron chi connectivity index (χ2n) is 8.14. The standard InChI is InChI=1S/C20H28N4O4/c1-11(2)9-24-17-16(18(25)22-20(24)27)14(8-15(21-17)12(3)4)19(26)23-6-7-28-13(5)10-23/h8,11-13H,6-7,9-10H2,1-5H3,(H,22,25,27). The monoisotopic (exact) mass is 388 g/mol. The number of carbonyl (C=O) groups is 1. The first-order chi connectivity index (χ1) is 13.2. The molecule has 1 saturated heterocycles. The summed E-state index contributed by atoms with van der Waals surface area (Å²) in [6.07, 6.45) is -0.0622. The van der Waals surface area contributed by atoms with Crippen LogP contribution in [0, 0.1) is 5.92 Å². The molecule has 0 spiro atoms. The van der Waals surface area contributed by atoms with Crippen molar-refractivity contribution in [2.24, 2.45) is 5.92 Å². The van der Waals surface area contributed by atoms with Crippen molar-refractivity contribution < 1.29 is 9.53 Å². The van der Waals surface area contributed by atoms with Crippen molar-refractivity contribution in [3.8, 4) is 0 Å². The van der Waals surface area contributed by atoms with E-state index in [1.54, 1.807) is 11.0 Å². The largest absolute Gasteiger partial charge is 0.375 e. The van der Waals surface area contributed by atoms with E-state index in [4.69, 9.17) is 4.74 Å². The molecule has 1 aliphatic heterocycles. The molecule has 8 nitrogen and oxygen atoms in total. The number of aromatic amines is 1. The Morgan fingerprint density at radius 1 is 1.32 bits per heavy atom. The molecule has 0 saturated carbocycles. The van der Waals surface area contributed by atoms with Gasteiger partial charge in [-0.15, -0.1) is 0 Å².